The number of nitrogens with zero attached hydrogens (tertiary/aromatic N) is 6. The third kappa shape index (κ3) is 3.15. The number of fused-ring (bicyclic) bond motifs is 3. The SMILES string of the molecule is COC(=O)Cc1nn(-c2ccc(OC)cc2)c2c1nnc1c(-c3ccccc3)c(C)nn12. The van der Waals surface area contributed by atoms with Crippen molar-refractivity contribution in [3.63, 3.8) is 0 Å². The molecular weight excluding hydrogens is 408 g/mol. The van der Waals surface area contributed by atoms with Gasteiger partial charge in [-0.2, -0.15) is 14.7 Å². The third-order valence-electron chi connectivity index (χ3n) is 5.31. The van der Waals surface area contributed by atoms with Crippen LogP contribution in [0.25, 0.3) is 33.6 Å². The Balaban J connectivity index is 1.81. The van der Waals surface area contributed by atoms with Crippen LogP contribution in [0.15, 0.2) is 54.6 Å². The predicted octanol–water partition coefficient (Wildman–Crippen LogP) is 3.16. The van der Waals surface area contributed by atoms with Gasteiger partial charge in [-0.1, -0.05) is 30.3 Å². The molecule has 32 heavy (non-hydrogen) atoms. The average Bonchev–Trinajstić information content (AvgIpc) is 3.36. The number of aryl methyl sites for hydroxylation is 1. The van der Waals surface area contributed by atoms with Gasteiger partial charge in [0.25, 0.3) is 0 Å². The highest BCUT2D eigenvalue weighted by Gasteiger charge is 2.23. The monoisotopic (exact) mass is 428 g/mol. The minimum Gasteiger partial charge on any atom is -0.497 e. The Hall–Kier alpha value is -4.27. The van der Waals surface area contributed by atoms with Crippen molar-refractivity contribution in [3.05, 3.63) is 66.0 Å². The molecule has 0 spiro atoms. The zero-order chi connectivity index (χ0) is 22.2. The standard InChI is InChI=1S/C23H20N6O3/c1-14-20(15-7-5-4-6-8-15)22-25-24-21-18(13-19(30)32-3)27-28(23(21)29(22)26-14)16-9-11-17(31-2)12-10-16/h4-12H,13H2,1-3H3. The van der Waals surface area contributed by atoms with Gasteiger partial charge < -0.3 is 9.47 Å². The van der Waals surface area contributed by atoms with Gasteiger partial charge in [-0.15, -0.1) is 10.2 Å². The molecule has 0 atom stereocenters. The van der Waals surface area contributed by atoms with Gasteiger partial charge in [-0.3, -0.25) is 4.79 Å². The molecule has 160 valence electrons. The van der Waals surface area contributed by atoms with Gasteiger partial charge in [0.1, 0.15) is 11.4 Å². The van der Waals surface area contributed by atoms with Crippen LogP contribution in [0.3, 0.4) is 0 Å². The van der Waals surface area contributed by atoms with Gasteiger partial charge in [0.2, 0.25) is 0 Å². The molecule has 0 aliphatic carbocycles. The molecule has 0 N–H and O–H groups in total. The number of benzene rings is 2. The van der Waals surface area contributed by atoms with Gasteiger partial charge in [0, 0.05) is 0 Å². The first-order valence-electron chi connectivity index (χ1n) is 10.0. The number of ether oxygens (including phenoxy) is 2. The number of methoxy groups -OCH3 is 2. The summed E-state index contributed by atoms with van der Waals surface area (Å²) in [6.45, 7) is 1.94. The summed E-state index contributed by atoms with van der Waals surface area (Å²) in [5.74, 6) is 0.320. The van der Waals surface area contributed by atoms with Crippen LogP contribution < -0.4 is 4.74 Å². The molecule has 0 aliphatic heterocycles. The van der Waals surface area contributed by atoms with Crippen molar-refractivity contribution in [2.24, 2.45) is 0 Å². The summed E-state index contributed by atoms with van der Waals surface area (Å²) in [7, 11) is 2.96. The molecule has 0 unspecified atom stereocenters. The lowest BCUT2D eigenvalue weighted by Crippen LogP contribution is -2.06. The van der Waals surface area contributed by atoms with E-state index < -0.39 is 5.97 Å². The second-order valence-corrected chi connectivity index (χ2v) is 7.24. The van der Waals surface area contributed by atoms with Crippen LogP contribution in [-0.2, 0) is 16.0 Å². The second-order valence-electron chi connectivity index (χ2n) is 7.24. The Morgan fingerprint density at radius 2 is 1.72 bits per heavy atom. The predicted molar refractivity (Wildman–Crippen MR) is 118 cm³/mol. The molecule has 5 rings (SSSR count). The van der Waals surface area contributed by atoms with Crippen LogP contribution in [0.5, 0.6) is 5.75 Å². The number of hydrogen-bond donors (Lipinski definition) is 0. The molecule has 0 radical (unpaired) electrons. The zero-order valence-electron chi connectivity index (χ0n) is 17.8. The molecule has 9 nitrogen and oxygen atoms in total. The van der Waals surface area contributed by atoms with E-state index in [1.165, 1.54) is 7.11 Å². The average molecular weight is 428 g/mol. The molecule has 9 heteroatoms. The van der Waals surface area contributed by atoms with E-state index in [0.29, 0.717) is 22.5 Å². The van der Waals surface area contributed by atoms with Crippen molar-refractivity contribution in [1.29, 1.82) is 0 Å². The fourth-order valence-corrected chi connectivity index (χ4v) is 3.76. The van der Waals surface area contributed by atoms with E-state index in [-0.39, 0.29) is 6.42 Å². The number of hydrogen-bond acceptors (Lipinski definition) is 7. The number of rotatable bonds is 5. The van der Waals surface area contributed by atoms with Crippen LogP contribution in [0.2, 0.25) is 0 Å². The van der Waals surface area contributed by atoms with Crippen molar-refractivity contribution in [3.8, 4) is 22.6 Å². The lowest BCUT2D eigenvalue weighted by atomic mass is 10.1. The maximum Gasteiger partial charge on any atom is 0.311 e. The van der Waals surface area contributed by atoms with E-state index in [2.05, 4.69) is 15.3 Å². The van der Waals surface area contributed by atoms with Crippen molar-refractivity contribution in [2.45, 2.75) is 13.3 Å². The van der Waals surface area contributed by atoms with Crippen LogP contribution in [0.4, 0.5) is 0 Å². The molecule has 5 aromatic rings. The summed E-state index contributed by atoms with van der Waals surface area (Å²) in [6, 6.07) is 17.4. The van der Waals surface area contributed by atoms with Crippen molar-refractivity contribution in [1.82, 2.24) is 29.6 Å². The number of carbonyl (C=O) groups excluding carboxylic acids is 1. The summed E-state index contributed by atoms with van der Waals surface area (Å²) in [6.07, 6.45) is -0.0257. The third-order valence-corrected chi connectivity index (χ3v) is 5.31. The molecule has 0 saturated heterocycles. The van der Waals surface area contributed by atoms with E-state index in [1.807, 2.05) is 61.5 Å². The van der Waals surface area contributed by atoms with Crippen molar-refractivity contribution in [2.75, 3.05) is 14.2 Å². The van der Waals surface area contributed by atoms with E-state index in [1.54, 1.807) is 16.3 Å². The van der Waals surface area contributed by atoms with Gasteiger partial charge >= 0.3 is 5.97 Å². The molecule has 0 bridgehead atoms. The smallest absolute Gasteiger partial charge is 0.311 e. The Bertz CT molecular complexity index is 1440. The first kappa shape index (κ1) is 19.7. The van der Waals surface area contributed by atoms with Gasteiger partial charge in [0.15, 0.2) is 16.8 Å². The lowest BCUT2D eigenvalue weighted by molar-refractivity contribution is -0.139. The van der Waals surface area contributed by atoms with E-state index >= 15 is 0 Å². The Labute approximate surface area is 183 Å². The molecule has 0 saturated carbocycles. The summed E-state index contributed by atoms with van der Waals surface area (Å²) < 4.78 is 13.6. The van der Waals surface area contributed by atoms with E-state index in [4.69, 9.17) is 14.6 Å². The minimum atomic E-state index is -0.408. The molecule has 0 fully saturated rings. The fourth-order valence-electron chi connectivity index (χ4n) is 3.76. The maximum absolute atomic E-state index is 12.0. The molecule has 0 aliphatic rings. The zero-order valence-corrected chi connectivity index (χ0v) is 17.8. The van der Waals surface area contributed by atoms with Crippen LogP contribution in [0, 0.1) is 6.92 Å². The highest BCUT2D eigenvalue weighted by molar-refractivity contribution is 5.87. The molecular formula is C23H20N6O3. The largest absolute Gasteiger partial charge is 0.497 e. The topological polar surface area (TPSA) is 96.4 Å². The molecule has 2 aromatic carbocycles. The first-order chi connectivity index (χ1) is 15.6. The van der Waals surface area contributed by atoms with Crippen LogP contribution in [0.1, 0.15) is 11.4 Å². The van der Waals surface area contributed by atoms with Gasteiger partial charge in [-0.05, 0) is 36.8 Å². The quantitative estimate of drug-likeness (QED) is 0.397. The Kier molecular flexibility index (Phi) is 4.78. The van der Waals surface area contributed by atoms with Crippen molar-refractivity contribution < 1.29 is 14.3 Å². The van der Waals surface area contributed by atoms with Crippen LogP contribution in [-0.4, -0.2) is 49.8 Å². The summed E-state index contributed by atoms with van der Waals surface area (Å²) in [4.78, 5) is 12.0. The summed E-state index contributed by atoms with van der Waals surface area (Å²) >= 11 is 0. The first-order valence-corrected chi connectivity index (χ1v) is 10.0. The van der Waals surface area contributed by atoms with Gasteiger partial charge in [0.05, 0.1) is 37.6 Å². The lowest BCUT2D eigenvalue weighted by Gasteiger charge is -2.06. The molecule has 0 amide bonds. The van der Waals surface area contributed by atoms with Crippen molar-refractivity contribution >= 4 is 22.8 Å². The normalized spacial score (nSPS) is 11.2. The second kappa shape index (κ2) is 7.77. The van der Waals surface area contributed by atoms with Gasteiger partial charge in [-0.25, -0.2) is 4.68 Å². The molecule has 3 aromatic heterocycles. The molecule has 3 heterocycles. The highest BCUT2D eigenvalue weighted by Crippen LogP contribution is 2.30. The summed E-state index contributed by atoms with van der Waals surface area (Å²) in [5, 5.41) is 18.3. The van der Waals surface area contributed by atoms with Crippen LogP contribution >= 0.6 is 0 Å². The Morgan fingerprint density at radius 1 is 0.969 bits per heavy atom. The number of carbonyl (C=O) groups is 1. The fraction of sp³-hybridized carbons (Fsp3) is 0.174. The van der Waals surface area contributed by atoms with E-state index in [9.17, 15) is 4.79 Å². The minimum absolute atomic E-state index is 0.0257. The number of esters is 1. The Morgan fingerprint density at radius 3 is 2.41 bits per heavy atom. The van der Waals surface area contributed by atoms with E-state index in [0.717, 1.165) is 28.3 Å². The summed E-state index contributed by atoms with van der Waals surface area (Å²) in [5.41, 5.74) is 5.67. The highest BCUT2D eigenvalue weighted by atomic mass is 16.5. The maximum atomic E-state index is 12.0. The number of aromatic nitrogens is 6.